The second-order valence-corrected chi connectivity index (χ2v) is 7.19. The van der Waals surface area contributed by atoms with Crippen LogP contribution >= 0.6 is 0 Å². The van der Waals surface area contributed by atoms with Crippen molar-refractivity contribution in [2.24, 2.45) is 17.3 Å². The van der Waals surface area contributed by atoms with Crippen LogP contribution in [-0.4, -0.2) is 36.6 Å². The normalized spacial score (nSPS) is 39.5. The maximum absolute atomic E-state index is 10.6. The average molecular weight is 254 g/mol. The van der Waals surface area contributed by atoms with Gasteiger partial charge in [0, 0.05) is 19.8 Å². The first-order chi connectivity index (χ1) is 8.53. The summed E-state index contributed by atoms with van der Waals surface area (Å²) < 4.78 is 11.5. The minimum Gasteiger partial charge on any atom is -0.393 e. The van der Waals surface area contributed by atoms with Gasteiger partial charge in [0.1, 0.15) is 0 Å². The molecule has 0 radical (unpaired) electrons. The summed E-state index contributed by atoms with van der Waals surface area (Å²) in [5.41, 5.74) is 0.377. The van der Waals surface area contributed by atoms with Crippen LogP contribution in [0, 0.1) is 17.3 Å². The summed E-state index contributed by atoms with van der Waals surface area (Å²) in [6, 6.07) is 0. The lowest BCUT2D eigenvalue weighted by molar-refractivity contribution is -0.160. The summed E-state index contributed by atoms with van der Waals surface area (Å²) in [6.07, 6.45) is 5.13. The van der Waals surface area contributed by atoms with Crippen molar-refractivity contribution in [2.75, 3.05) is 19.8 Å². The molecule has 3 nitrogen and oxygen atoms in total. The van der Waals surface area contributed by atoms with Gasteiger partial charge >= 0.3 is 0 Å². The number of ether oxygens (including phenoxy) is 2. The minimum atomic E-state index is -0.122. The molecule has 2 saturated heterocycles. The minimum absolute atomic E-state index is 0.0151. The van der Waals surface area contributed by atoms with E-state index in [-0.39, 0.29) is 11.7 Å². The standard InChI is InChI=1S/C15H26O3/c1-14(2)10-12(14)13(16)11-3-6-18-15(9-11)4-7-17-8-5-15/h11-13,16H,3-10H2,1-2H3. The second kappa shape index (κ2) is 4.46. The molecule has 2 aliphatic heterocycles. The predicted octanol–water partition coefficient (Wildman–Crippen LogP) is 2.37. The molecule has 2 heterocycles. The van der Waals surface area contributed by atoms with E-state index in [1.165, 1.54) is 6.42 Å². The molecule has 0 bridgehead atoms. The zero-order chi connectivity index (χ0) is 12.8. The van der Waals surface area contributed by atoms with E-state index in [1.54, 1.807) is 0 Å². The second-order valence-electron chi connectivity index (χ2n) is 7.19. The van der Waals surface area contributed by atoms with Crippen LogP contribution in [0.1, 0.15) is 46.0 Å². The van der Waals surface area contributed by atoms with E-state index in [1.807, 2.05) is 0 Å². The Morgan fingerprint density at radius 3 is 2.39 bits per heavy atom. The van der Waals surface area contributed by atoms with Gasteiger partial charge in [0.2, 0.25) is 0 Å². The zero-order valence-electron chi connectivity index (χ0n) is 11.7. The summed E-state index contributed by atoms with van der Waals surface area (Å²) in [5, 5.41) is 10.6. The van der Waals surface area contributed by atoms with Gasteiger partial charge in [-0.15, -0.1) is 0 Å². The van der Waals surface area contributed by atoms with Crippen molar-refractivity contribution in [2.45, 2.75) is 57.7 Å². The number of rotatable bonds is 2. The largest absolute Gasteiger partial charge is 0.393 e. The van der Waals surface area contributed by atoms with Gasteiger partial charge in [0.25, 0.3) is 0 Å². The average Bonchev–Trinajstić information content (AvgIpc) is 2.98. The maximum Gasteiger partial charge on any atom is 0.0730 e. The first-order valence-corrected chi connectivity index (χ1v) is 7.42. The molecule has 18 heavy (non-hydrogen) atoms. The Morgan fingerprint density at radius 2 is 1.78 bits per heavy atom. The Hall–Kier alpha value is -0.120. The first-order valence-electron chi connectivity index (χ1n) is 7.42. The maximum atomic E-state index is 10.6. The lowest BCUT2D eigenvalue weighted by Crippen LogP contribution is -2.47. The van der Waals surface area contributed by atoms with E-state index in [4.69, 9.17) is 9.47 Å². The van der Waals surface area contributed by atoms with Crippen LogP contribution in [0.15, 0.2) is 0 Å². The summed E-state index contributed by atoms with van der Waals surface area (Å²) in [6.45, 7) is 6.99. The van der Waals surface area contributed by atoms with Crippen molar-refractivity contribution < 1.29 is 14.6 Å². The fourth-order valence-electron chi connectivity index (χ4n) is 3.87. The van der Waals surface area contributed by atoms with Crippen molar-refractivity contribution in [3.8, 4) is 0 Å². The lowest BCUT2D eigenvalue weighted by Gasteiger charge is -2.44. The summed E-state index contributed by atoms with van der Waals surface area (Å²) in [7, 11) is 0. The molecule has 1 spiro atoms. The SMILES string of the molecule is CC1(C)CC1C(O)C1CCOC2(CCOCC2)C1. The van der Waals surface area contributed by atoms with Gasteiger partial charge in [-0.3, -0.25) is 0 Å². The smallest absolute Gasteiger partial charge is 0.0730 e. The van der Waals surface area contributed by atoms with E-state index >= 15 is 0 Å². The van der Waals surface area contributed by atoms with E-state index in [2.05, 4.69) is 13.8 Å². The molecule has 0 aromatic heterocycles. The fraction of sp³-hybridized carbons (Fsp3) is 1.00. The molecule has 3 unspecified atom stereocenters. The molecule has 1 N–H and O–H groups in total. The van der Waals surface area contributed by atoms with Crippen molar-refractivity contribution in [3.05, 3.63) is 0 Å². The third kappa shape index (κ3) is 2.33. The number of aliphatic hydroxyl groups excluding tert-OH is 1. The third-order valence-electron chi connectivity index (χ3n) is 5.42. The molecular weight excluding hydrogens is 228 g/mol. The van der Waals surface area contributed by atoms with E-state index in [9.17, 15) is 5.11 Å². The number of hydrogen-bond acceptors (Lipinski definition) is 3. The molecule has 3 atom stereocenters. The van der Waals surface area contributed by atoms with Crippen LogP contribution in [0.3, 0.4) is 0 Å². The Labute approximate surface area is 110 Å². The van der Waals surface area contributed by atoms with Crippen molar-refractivity contribution in [3.63, 3.8) is 0 Å². The molecule has 3 aliphatic rings. The van der Waals surface area contributed by atoms with Crippen LogP contribution in [0.25, 0.3) is 0 Å². The van der Waals surface area contributed by atoms with Gasteiger partial charge in [0.05, 0.1) is 11.7 Å². The van der Waals surface area contributed by atoms with E-state index in [0.29, 0.717) is 17.3 Å². The first kappa shape index (κ1) is 12.9. The summed E-state index contributed by atoms with van der Waals surface area (Å²) in [4.78, 5) is 0. The molecule has 1 saturated carbocycles. The van der Waals surface area contributed by atoms with Crippen molar-refractivity contribution in [1.82, 2.24) is 0 Å². The summed E-state index contributed by atoms with van der Waals surface area (Å²) >= 11 is 0. The highest BCUT2D eigenvalue weighted by atomic mass is 16.5. The van der Waals surface area contributed by atoms with Crippen LogP contribution in [0.5, 0.6) is 0 Å². The van der Waals surface area contributed by atoms with Crippen molar-refractivity contribution >= 4 is 0 Å². The zero-order valence-corrected chi connectivity index (χ0v) is 11.7. The molecule has 104 valence electrons. The molecule has 0 aromatic carbocycles. The fourth-order valence-corrected chi connectivity index (χ4v) is 3.87. The Balaban J connectivity index is 1.63. The van der Waals surface area contributed by atoms with Crippen LogP contribution in [-0.2, 0) is 9.47 Å². The van der Waals surface area contributed by atoms with Gasteiger partial charge in [-0.05, 0) is 49.4 Å². The Bertz CT molecular complexity index is 301. The van der Waals surface area contributed by atoms with Crippen LogP contribution in [0.4, 0.5) is 0 Å². The molecule has 0 amide bonds. The monoisotopic (exact) mass is 254 g/mol. The van der Waals surface area contributed by atoms with E-state index < -0.39 is 0 Å². The molecule has 3 fully saturated rings. The highest BCUT2D eigenvalue weighted by molar-refractivity contribution is 5.03. The molecule has 3 rings (SSSR count). The highest BCUT2D eigenvalue weighted by Gasteiger charge is 2.53. The quantitative estimate of drug-likeness (QED) is 0.822. The molecule has 0 aromatic rings. The van der Waals surface area contributed by atoms with Crippen molar-refractivity contribution in [1.29, 1.82) is 0 Å². The molecule has 1 aliphatic carbocycles. The van der Waals surface area contributed by atoms with Crippen LogP contribution in [0.2, 0.25) is 0 Å². The van der Waals surface area contributed by atoms with E-state index in [0.717, 1.165) is 45.5 Å². The third-order valence-corrected chi connectivity index (χ3v) is 5.42. The lowest BCUT2D eigenvalue weighted by atomic mass is 9.77. The molecular formula is C15H26O3. The summed E-state index contributed by atoms with van der Waals surface area (Å²) in [5.74, 6) is 0.945. The highest BCUT2D eigenvalue weighted by Crippen LogP contribution is 2.56. The van der Waals surface area contributed by atoms with Gasteiger partial charge in [0.15, 0.2) is 0 Å². The Morgan fingerprint density at radius 1 is 1.11 bits per heavy atom. The predicted molar refractivity (Wildman–Crippen MR) is 69.4 cm³/mol. The number of aliphatic hydroxyl groups is 1. The van der Waals surface area contributed by atoms with Gasteiger partial charge in [-0.1, -0.05) is 13.8 Å². The number of hydrogen-bond donors (Lipinski definition) is 1. The van der Waals surface area contributed by atoms with Gasteiger partial charge in [-0.25, -0.2) is 0 Å². The van der Waals surface area contributed by atoms with Crippen LogP contribution < -0.4 is 0 Å². The topological polar surface area (TPSA) is 38.7 Å². The van der Waals surface area contributed by atoms with Gasteiger partial charge < -0.3 is 14.6 Å². The van der Waals surface area contributed by atoms with Gasteiger partial charge in [-0.2, -0.15) is 0 Å². The Kier molecular flexibility index (Phi) is 3.20. The molecule has 3 heteroatoms.